The lowest BCUT2D eigenvalue weighted by molar-refractivity contribution is -0.0101. The van der Waals surface area contributed by atoms with Crippen LogP contribution in [0.3, 0.4) is 0 Å². The largest absolute Gasteiger partial charge is 0.493 e. The first-order chi connectivity index (χ1) is 12.2. The summed E-state index contributed by atoms with van der Waals surface area (Å²) in [5, 5.41) is 8.60. The Kier molecular flexibility index (Phi) is 4.67. The number of hydrogen-bond donors (Lipinski definition) is 2. The van der Waals surface area contributed by atoms with Crippen molar-refractivity contribution in [3.63, 3.8) is 0 Å². The van der Waals surface area contributed by atoms with Crippen LogP contribution in [0.25, 0.3) is 0 Å². The molecule has 1 aromatic carbocycles. The van der Waals surface area contributed by atoms with Crippen LogP contribution in [0.4, 0.5) is 0 Å². The Hall–Kier alpha value is -1.62. The molecule has 4 saturated carbocycles. The topological polar surface area (TPSA) is 45.6 Å². The molecule has 4 bridgehead atoms. The van der Waals surface area contributed by atoms with Crippen LogP contribution in [0, 0.1) is 17.8 Å². The third kappa shape index (κ3) is 3.66. The van der Waals surface area contributed by atoms with Gasteiger partial charge in [-0.25, -0.2) is 0 Å². The van der Waals surface area contributed by atoms with Crippen molar-refractivity contribution in [3.8, 4) is 5.75 Å². The van der Waals surface area contributed by atoms with E-state index < -0.39 is 0 Å². The molecule has 4 nitrogen and oxygen atoms in total. The summed E-state index contributed by atoms with van der Waals surface area (Å²) in [6.45, 7) is 2.63. The first-order valence-electron chi connectivity index (χ1n) is 9.49. The molecule has 5 heteroatoms. The zero-order valence-corrected chi connectivity index (χ0v) is 15.6. The second-order valence-corrected chi connectivity index (χ2v) is 8.40. The van der Waals surface area contributed by atoms with E-state index in [9.17, 15) is 0 Å². The Morgan fingerprint density at radius 3 is 2.48 bits per heavy atom. The molecule has 134 valence electrons. The van der Waals surface area contributed by atoms with Crippen molar-refractivity contribution in [2.45, 2.75) is 51.0 Å². The summed E-state index contributed by atoms with van der Waals surface area (Å²) in [5.41, 5.74) is 4.18. The smallest absolute Gasteiger partial charge is 0.187 e. The number of rotatable bonds is 5. The van der Waals surface area contributed by atoms with E-state index in [-0.39, 0.29) is 5.54 Å². The van der Waals surface area contributed by atoms with Crippen LogP contribution in [-0.2, 0) is 0 Å². The summed E-state index contributed by atoms with van der Waals surface area (Å²) in [6, 6.07) is 7.90. The molecule has 0 saturated heterocycles. The van der Waals surface area contributed by atoms with Crippen LogP contribution in [0.5, 0.6) is 5.75 Å². The maximum absolute atomic E-state index is 5.62. The lowest BCUT2D eigenvalue weighted by atomic mass is 9.53. The molecule has 0 radical (unpaired) electrons. The van der Waals surface area contributed by atoms with Crippen molar-refractivity contribution >= 4 is 23.5 Å². The van der Waals surface area contributed by atoms with Gasteiger partial charge in [-0.05, 0) is 87.6 Å². The zero-order chi connectivity index (χ0) is 17.3. The predicted molar refractivity (Wildman–Crippen MR) is 105 cm³/mol. The van der Waals surface area contributed by atoms with E-state index in [1.807, 2.05) is 31.2 Å². The minimum absolute atomic E-state index is 0.220. The SMILES string of the molecule is CCOc1ccccc1/C=N/NC(=S)NC12CC3CC(CC(C3)C1)C2. The van der Waals surface area contributed by atoms with Crippen molar-refractivity contribution in [2.75, 3.05) is 6.61 Å². The van der Waals surface area contributed by atoms with E-state index in [0.29, 0.717) is 11.7 Å². The van der Waals surface area contributed by atoms with Crippen molar-refractivity contribution in [1.82, 2.24) is 10.7 Å². The molecular formula is C20H27N3OS. The number of benzene rings is 1. The Labute approximate surface area is 155 Å². The summed E-state index contributed by atoms with van der Waals surface area (Å²) >= 11 is 5.52. The fraction of sp³-hybridized carbons (Fsp3) is 0.600. The fourth-order valence-electron chi connectivity index (χ4n) is 5.57. The van der Waals surface area contributed by atoms with E-state index in [1.165, 1.54) is 38.5 Å². The second kappa shape index (κ2) is 6.94. The van der Waals surface area contributed by atoms with Crippen LogP contribution >= 0.6 is 12.2 Å². The van der Waals surface area contributed by atoms with Crippen molar-refractivity contribution in [3.05, 3.63) is 29.8 Å². The van der Waals surface area contributed by atoms with Crippen molar-refractivity contribution in [2.24, 2.45) is 22.9 Å². The van der Waals surface area contributed by atoms with E-state index >= 15 is 0 Å². The zero-order valence-electron chi connectivity index (χ0n) is 14.8. The van der Waals surface area contributed by atoms with Crippen LogP contribution in [0.2, 0.25) is 0 Å². The molecule has 4 aliphatic rings. The van der Waals surface area contributed by atoms with Gasteiger partial charge in [0.1, 0.15) is 5.75 Å². The first-order valence-corrected chi connectivity index (χ1v) is 9.90. The maximum Gasteiger partial charge on any atom is 0.187 e. The van der Waals surface area contributed by atoms with Gasteiger partial charge in [-0.15, -0.1) is 0 Å². The molecule has 4 aliphatic carbocycles. The Bertz CT molecular complexity index is 637. The Morgan fingerprint density at radius 2 is 1.84 bits per heavy atom. The van der Waals surface area contributed by atoms with Gasteiger partial charge in [0, 0.05) is 11.1 Å². The average molecular weight is 358 g/mol. The van der Waals surface area contributed by atoms with Gasteiger partial charge in [-0.3, -0.25) is 5.43 Å². The maximum atomic E-state index is 5.62. The minimum Gasteiger partial charge on any atom is -0.493 e. The molecule has 0 atom stereocenters. The monoisotopic (exact) mass is 357 g/mol. The van der Waals surface area contributed by atoms with Gasteiger partial charge < -0.3 is 10.1 Å². The average Bonchev–Trinajstić information content (AvgIpc) is 2.55. The number of para-hydroxylation sites is 1. The number of hydrazone groups is 1. The minimum atomic E-state index is 0.220. The van der Waals surface area contributed by atoms with Crippen LogP contribution in [-0.4, -0.2) is 23.5 Å². The van der Waals surface area contributed by atoms with E-state index in [4.69, 9.17) is 17.0 Å². The third-order valence-electron chi connectivity index (χ3n) is 6.01. The number of thiocarbonyl (C=S) groups is 1. The first kappa shape index (κ1) is 16.8. The van der Waals surface area contributed by atoms with Crippen molar-refractivity contribution < 1.29 is 4.74 Å². The molecule has 1 aromatic rings. The number of nitrogens with one attached hydrogen (secondary N) is 2. The highest BCUT2D eigenvalue weighted by atomic mass is 32.1. The summed E-state index contributed by atoms with van der Waals surface area (Å²) in [5.74, 6) is 3.56. The van der Waals surface area contributed by atoms with Gasteiger partial charge in [-0.2, -0.15) is 5.10 Å². The summed E-state index contributed by atoms with van der Waals surface area (Å²) in [7, 11) is 0. The molecule has 4 fully saturated rings. The van der Waals surface area contributed by atoms with Crippen LogP contribution < -0.4 is 15.5 Å². The van der Waals surface area contributed by atoms with Gasteiger partial charge in [0.2, 0.25) is 0 Å². The van der Waals surface area contributed by atoms with Crippen LogP contribution in [0.15, 0.2) is 29.4 Å². The van der Waals surface area contributed by atoms with Gasteiger partial charge in [-0.1, -0.05) is 12.1 Å². The van der Waals surface area contributed by atoms with Crippen LogP contribution in [0.1, 0.15) is 51.0 Å². The van der Waals surface area contributed by atoms with Gasteiger partial charge in [0.15, 0.2) is 5.11 Å². The third-order valence-corrected chi connectivity index (χ3v) is 6.20. The lowest BCUT2D eigenvalue weighted by Gasteiger charge is -2.57. The molecule has 0 unspecified atom stereocenters. The standard InChI is InChI=1S/C20H27N3OS/c1-2-24-18-6-4-3-5-17(18)13-21-23-19(25)22-20-10-14-7-15(11-20)9-16(8-14)12-20/h3-6,13-16H,2,7-12H2,1H3,(H2,22,23,25)/b21-13+. The van der Waals surface area contributed by atoms with E-state index in [1.54, 1.807) is 6.21 Å². The second-order valence-electron chi connectivity index (χ2n) is 7.99. The number of nitrogens with zero attached hydrogens (tertiary/aromatic N) is 1. The molecule has 0 aliphatic heterocycles. The van der Waals surface area contributed by atoms with Crippen molar-refractivity contribution in [1.29, 1.82) is 0 Å². The highest BCUT2D eigenvalue weighted by Gasteiger charge is 2.51. The van der Waals surface area contributed by atoms with E-state index in [2.05, 4.69) is 15.8 Å². The van der Waals surface area contributed by atoms with Gasteiger partial charge in [0.25, 0.3) is 0 Å². The molecule has 5 rings (SSSR count). The van der Waals surface area contributed by atoms with E-state index in [0.717, 1.165) is 29.1 Å². The molecule has 0 amide bonds. The highest BCUT2D eigenvalue weighted by molar-refractivity contribution is 7.80. The summed E-state index contributed by atoms with van der Waals surface area (Å²) < 4.78 is 5.62. The summed E-state index contributed by atoms with van der Waals surface area (Å²) in [4.78, 5) is 0. The van der Waals surface area contributed by atoms with Gasteiger partial charge >= 0.3 is 0 Å². The Balaban J connectivity index is 1.35. The van der Waals surface area contributed by atoms with Gasteiger partial charge in [0.05, 0.1) is 12.8 Å². The lowest BCUT2D eigenvalue weighted by Crippen LogP contribution is -2.61. The molecule has 25 heavy (non-hydrogen) atoms. The molecule has 0 heterocycles. The highest BCUT2D eigenvalue weighted by Crippen LogP contribution is 2.55. The molecule has 0 aromatic heterocycles. The number of ether oxygens (including phenoxy) is 1. The molecule has 0 spiro atoms. The quantitative estimate of drug-likeness (QED) is 0.477. The predicted octanol–water partition coefficient (Wildman–Crippen LogP) is 3.85. The Morgan fingerprint density at radius 1 is 1.20 bits per heavy atom. The fourth-order valence-corrected chi connectivity index (χ4v) is 5.84. The number of hydrogen-bond acceptors (Lipinski definition) is 3. The normalized spacial score (nSPS) is 32.8. The summed E-state index contributed by atoms with van der Waals surface area (Å²) in [6.07, 6.45) is 9.92. The molecular weight excluding hydrogens is 330 g/mol. The molecule has 2 N–H and O–H groups in total.